The van der Waals surface area contributed by atoms with Crippen LogP contribution in [0.25, 0.3) is 0 Å². The number of pyridine rings is 1. The average Bonchev–Trinajstić information content (AvgIpc) is 3.02. The second-order valence-electron chi connectivity index (χ2n) is 6.58. The summed E-state index contributed by atoms with van der Waals surface area (Å²) in [5.41, 5.74) is 3.70. The van der Waals surface area contributed by atoms with Crippen LogP contribution in [0.1, 0.15) is 11.1 Å². The van der Waals surface area contributed by atoms with Crippen LogP contribution in [0.2, 0.25) is 0 Å². The molecule has 0 saturated heterocycles. The van der Waals surface area contributed by atoms with Gasteiger partial charge in [0.2, 0.25) is 5.91 Å². The van der Waals surface area contributed by atoms with Crippen LogP contribution in [0.3, 0.4) is 0 Å². The number of amides is 1. The first kappa shape index (κ1) is 18.0. The van der Waals surface area contributed by atoms with E-state index in [1.807, 2.05) is 31.2 Å². The first-order chi connectivity index (χ1) is 13.4. The van der Waals surface area contributed by atoms with Crippen molar-refractivity contribution >= 4 is 38.8 Å². The predicted octanol–water partition coefficient (Wildman–Crippen LogP) is 3.43. The van der Waals surface area contributed by atoms with Crippen LogP contribution in [-0.2, 0) is 21.2 Å². The lowest BCUT2D eigenvalue weighted by atomic mass is 10.2. The largest absolute Gasteiger partial charge is 0.340 e. The van der Waals surface area contributed by atoms with E-state index in [1.165, 1.54) is 18.3 Å². The highest BCUT2D eigenvalue weighted by Gasteiger charge is 2.22. The molecular formula is C20H18N4O3S. The Labute approximate surface area is 162 Å². The number of nitrogens with zero attached hydrogens (tertiary/aromatic N) is 1. The number of anilines is 4. The summed E-state index contributed by atoms with van der Waals surface area (Å²) >= 11 is 0. The molecule has 1 aliphatic rings. The molecule has 0 aliphatic carbocycles. The first-order valence-corrected chi connectivity index (χ1v) is 10.1. The van der Waals surface area contributed by atoms with E-state index in [2.05, 4.69) is 20.3 Å². The number of nitrogens with one attached hydrogen (secondary N) is 3. The zero-order valence-electron chi connectivity index (χ0n) is 15.1. The van der Waals surface area contributed by atoms with Crippen molar-refractivity contribution in [2.45, 2.75) is 18.2 Å². The number of aromatic nitrogens is 1. The minimum absolute atomic E-state index is 0.102. The molecule has 0 atom stereocenters. The van der Waals surface area contributed by atoms with Gasteiger partial charge in [-0.2, -0.15) is 0 Å². The third kappa shape index (κ3) is 3.81. The Hall–Kier alpha value is -3.39. The molecular weight excluding hydrogens is 376 g/mol. The van der Waals surface area contributed by atoms with Crippen LogP contribution in [0.4, 0.5) is 22.9 Å². The molecule has 0 spiro atoms. The van der Waals surface area contributed by atoms with Crippen molar-refractivity contribution in [3.8, 4) is 0 Å². The van der Waals surface area contributed by atoms with Gasteiger partial charge in [-0.3, -0.25) is 9.52 Å². The van der Waals surface area contributed by atoms with E-state index < -0.39 is 10.0 Å². The molecule has 28 heavy (non-hydrogen) atoms. The number of hydrogen-bond acceptors (Lipinski definition) is 5. The van der Waals surface area contributed by atoms with Crippen LogP contribution < -0.4 is 15.4 Å². The number of benzene rings is 2. The van der Waals surface area contributed by atoms with Gasteiger partial charge in [-0.25, -0.2) is 13.4 Å². The van der Waals surface area contributed by atoms with Crippen LogP contribution >= 0.6 is 0 Å². The second kappa shape index (κ2) is 6.97. The Morgan fingerprint density at radius 2 is 1.89 bits per heavy atom. The Balaban J connectivity index is 1.49. The fourth-order valence-electron chi connectivity index (χ4n) is 2.99. The number of rotatable bonds is 5. The van der Waals surface area contributed by atoms with E-state index in [-0.39, 0.29) is 17.2 Å². The highest BCUT2D eigenvalue weighted by molar-refractivity contribution is 7.92. The number of sulfonamides is 1. The Morgan fingerprint density at radius 3 is 2.64 bits per heavy atom. The van der Waals surface area contributed by atoms with Crippen molar-refractivity contribution in [3.63, 3.8) is 0 Å². The van der Waals surface area contributed by atoms with Gasteiger partial charge in [-0.05, 0) is 60.5 Å². The summed E-state index contributed by atoms with van der Waals surface area (Å²) < 4.78 is 27.8. The Morgan fingerprint density at radius 1 is 1.04 bits per heavy atom. The summed E-state index contributed by atoms with van der Waals surface area (Å²) in [4.78, 5) is 15.8. The number of carbonyl (C=O) groups excluding carboxylic acids is 1. The lowest BCUT2D eigenvalue weighted by molar-refractivity contribution is -0.115. The zero-order chi connectivity index (χ0) is 19.7. The van der Waals surface area contributed by atoms with Crippen molar-refractivity contribution in [2.75, 3.05) is 15.4 Å². The summed E-state index contributed by atoms with van der Waals surface area (Å²) in [7, 11) is -3.78. The third-order valence-corrected chi connectivity index (χ3v) is 5.70. The van der Waals surface area contributed by atoms with E-state index in [9.17, 15) is 13.2 Å². The lowest BCUT2D eigenvalue weighted by Gasteiger charge is -2.10. The van der Waals surface area contributed by atoms with E-state index >= 15 is 0 Å². The molecule has 2 aromatic carbocycles. The van der Waals surface area contributed by atoms with Crippen LogP contribution in [0.5, 0.6) is 0 Å². The van der Waals surface area contributed by atoms with Gasteiger partial charge in [-0.1, -0.05) is 12.1 Å². The normalized spacial score (nSPS) is 13.0. The molecule has 0 fully saturated rings. The quantitative estimate of drug-likeness (QED) is 0.616. The molecule has 2 heterocycles. The van der Waals surface area contributed by atoms with E-state index in [0.717, 1.165) is 11.3 Å². The third-order valence-electron chi connectivity index (χ3n) is 4.32. The topological polar surface area (TPSA) is 100 Å². The van der Waals surface area contributed by atoms with E-state index in [4.69, 9.17) is 0 Å². The lowest BCUT2D eigenvalue weighted by Crippen LogP contribution is -2.13. The number of fused-ring (bicyclic) bond motifs is 1. The van der Waals surface area contributed by atoms with Gasteiger partial charge in [0, 0.05) is 11.4 Å². The number of aryl methyl sites for hydroxylation is 1. The highest BCUT2D eigenvalue weighted by atomic mass is 32.2. The summed E-state index contributed by atoms with van der Waals surface area (Å²) in [5.74, 6) is 0.467. The van der Waals surface area contributed by atoms with Crippen molar-refractivity contribution in [1.29, 1.82) is 0 Å². The maximum absolute atomic E-state index is 12.6. The van der Waals surface area contributed by atoms with Crippen LogP contribution in [-0.4, -0.2) is 19.3 Å². The minimum atomic E-state index is -3.78. The van der Waals surface area contributed by atoms with Gasteiger partial charge in [0.05, 0.1) is 23.2 Å². The fourth-order valence-corrected chi connectivity index (χ4v) is 4.08. The Kier molecular flexibility index (Phi) is 4.48. The molecule has 3 N–H and O–H groups in total. The monoisotopic (exact) mass is 394 g/mol. The highest BCUT2D eigenvalue weighted by Crippen LogP contribution is 2.27. The first-order valence-electron chi connectivity index (χ1n) is 8.64. The molecule has 4 rings (SSSR count). The molecule has 0 bridgehead atoms. The van der Waals surface area contributed by atoms with Gasteiger partial charge in [0.15, 0.2) is 0 Å². The standard InChI is InChI=1S/C20H18N4O3S/c1-13-3-2-4-15(9-13)22-19-8-5-16(12-21-19)24-28(26,27)17-6-7-18-14(10-17)11-20(25)23-18/h2-10,12,24H,11H2,1H3,(H,21,22)(H,23,25). The van der Waals surface area contributed by atoms with Gasteiger partial charge in [0.1, 0.15) is 5.82 Å². The molecule has 1 aliphatic heterocycles. The summed E-state index contributed by atoms with van der Waals surface area (Å²) in [5, 5.41) is 5.86. The molecule has 0 unspecified atom stereocenters. The molecule has 7 nitrogen and oxygen atoms in total. The summed E-state index contributed by atoms with van der Waals surface area (Å²) in [6, 6.07) is 15.8. The number of hydrogen-bond donors (Lipinski definition) is 3. The average molecular weight is 394 g/mol. The zero-order valence-corrected chi connectivity index (χ0v) is 15.9. The smallest absolute Gasteiger partial charge is 0.261 e. The fraction of sp³-hybridized carbons (Fsp3) is 0.100. The van der Waals surface area contributed by atoms with Crippen molar-refractivity contribution in [1.82, 2.24) is 4.98 Å². The maximum Gasteiger partial charge on any atom is 0.261 e. The number of carbonyl (C=O) groups is 1. The summed E-state index contributed by atoms with van der Waals surface area (Å²) in [6.07, 6.45) is 1.63. The molecule has 0 saturated carbocycles. The van der Waals surface area contributed by atoms with Crippen molar-refractivity contribution in [3.05, 3.63) is 71.9 Å². The SMILES string of the molecule is Cc1cccc(Nc2ccc(NS(=O)(=O)c3ccc4c(c3)CC(=O)N4)cn2)c1. The molecule has 1 amide bonds. The Bertz CT molecular complexity index is 1160. The molecule has 8 heteroatoms. The van der Waals surface area contributed by atoms with Crippen molar-refractivity contribution in [2.24, 2.45) is 0 Å². The minimum Gasteiger partial charge on any atom is -0.340 e. The van der Waals surface area contributed by atoms with Gasteiger partial charge in [-0.15, -0.1) is 0 Å². The second-order valence-corrected chi connectivity index (χ2v) is 8.26. The van der Waals surface area contributed by atoms with Gasteiger partial charge >= 0.3 is 0 Å². The summed E-state index contributed by atoms with van der Waals surface area (Å²) in [6.45, 7) is 2.00. The van der Waals surface area contributed by atoms with Crippen LogP contribution in [0, 0.1) is 6.92 Å². The van der Waals surface area contributed by atoms with Gasteiger partial charge in [0.25, 0.3) is 10.0 Å². The van der Waals surface area contributed by atoms with E-state index in [0.29, 0.717) is 22.8 Å². The predicted molar refractivity (Wildman–Crippen MR) is 108 cm³/mol. The van der Waals surface area contributed by atoms with Crippen LogP contribution in [0.15, 0.2) is 65.7 Å². The molecule has 3 aromatic rings. The molecule has 142 valence electrons. The molecule has 0 radical (unpaired) electrons. The molecule has 1 aromatic heterocycles. The van der Waals surface area contributed by atoms with Gasteiger partial charge < -0.3 is 10.6 Å². The van der Waals surface area contributed by atoms with E-state index in [1.54, 1.807) is 18.2 Å². The van der Waals surface area contributed by atoms with Crippen molar-refractivity contribution < 1.29 is 13.2 Å². The maximum atomic E-state index is 12.6.